The minimum absolute atomic E-state index is 0.0442. The lowest BCUT2D eigenvalue weighted by Gasteiger charge is -2.51. The molecule has 2 aliphatic heterocycles. The molecule has 8 heteroatoms. The summed E-state index contributed by atoms with van der Waals surface area (Å²) in [5.41, 5.74) is 6.96. The second-order valence-electron chi connectivity index (χ2n) is 11.7. The highest BCUT2D eigenvalue weighted by molar-refractivity contribution is 5.99. The Kier molecular flexibility index (Phi) is 5.02. The van der Waals surface area contributed by atoms with Gasteiger partial charge in [0.25, 0.3) is 0 Å². The minimum Gasteiger partial charge on any atom is -0.394 e. The maximum absolute atomic E-state index is 12.2. The number of nitriles is 1. The maximum Gasteiger partial charge on any atom is 0.245 e. The summed E-state index contributed by atoms with van der Waals surface area (Å²) in [6, 6.07) is 6.59. The Hall–Kier alpha value is -3.70. The van der Waals surface area contributed by atoms with E-state index in [2.05, 4.69) is 41.7 Å². The van der Waals surface area contributed by atoms with Crippen molar-refractivity contribution in [2.75, 3.05) is 31.1 Å². The number of likely N-dealkylation sites (tertiary alicyclic amines) is 1. The summed E-state index contributed by atoms with van der Waals surface area (Å²) in [4.78, 5) is 21.4. The van der Waals surface area contributed by atoms with Gasteiger partial charge in [-0.1, -0.05) is 18.7 Å². The number of aliphatic hydroxyl groups excluding tert-OH is 1. The highest BCUT2D eigenvalue weighted by atomic mass is 16.3. The van der Waals surface area contributed by atoms with Crippen LogP contribution >= 0.6 is 0 Å². The van der Waals surface area contributed by atoms with Crippen molar-refractivity contribution in [3.63, 3.8) is 0 Å². The van der Waals surface area contributed by atoms with Crippen molar-refractivity contribution in [2.24, 2.45) is 18.4 Å². The maximum atomic E-state index is 12.2. The number of carbonyl (C=O) groups excluding carboxylic acids is 1. The van der Waals surface area contributed by atoms with Gasteiger partial charge in [-0.3, -0.25) is 9.48 Å². The number of aromatic nitrogens is 3. The predicted octanol–water partition coefficient (Wildman–Crippen LogP) is 3.45. The van der Waals surface area contributed by atoms with Gasteiger partial charge in [-0.15, -0.1) is 0 Å². The summed E-state index contributed by atoms with van der Waals surface area (Å²) in [6.07, 6.45) is 7.30. The number of carbonyl (C=O) groups is 1. The van der Waals surface area contributed by atoms with E-state index in [1.165, 1.54) is 11.6 Å². The summed E-state index contributed by atoms with van der Waals surface area (Å²) in [6.45, 7) is 7.58. The Labute approximate surface area is 222 Å². The van der Waals surface area contributed by atoms with Crippen LogP contribution in [0.2, 0.25) is 0 Å². The molecular formula is C30H32N6O2. The summed E-state index contributed by atoms with van der Waals surface area (Å²) >= 11 is 0. The number of hydrogen-bond donors (Lipinski definition) is 1. The zero-order valence-electron chi connectivity index (χ0n) is 21.9. The monoisotopic (exact) mass is 508 g/mol. The number of aliphatic hydroxyl groups is 1. The van der Waals surface area contributed by atoms with Crippen LogP contribution < -0.4 is 4.90 Å². The molecular weight excluding hydrogens is 476 g/mol. The van der Waals surface area contributed by atoms with Crippen molar-refractivity contribution in [2.45, 2.75) is 44.6 Å². The fourth-order valence-corrected chi connectivity index (χ4v) is 7.60. The first kappa shape index (κ1) is 23.4. The van der Waals surface area contributed by atoms with Crippen LogP contribution in [0.4, 0.5) is 5.82 Å². The number of anilines is 1. The van der Waals surface area contributed by atoms with Gasteiger partial charge in [0, 0.05) is 54.5 Å². The molecule has 3 atom stereocenters. The summed E-state index contributed by atoms with van der Waals surface area (Å²) in [7, 11) is 1.96. The highest BCUT2D eigenvalue weighted by Gasteiger charge is 2.56. The number of rotatable bonds is 4. The van der Waals surface area contributed by atoms with Crippen molar-refractivity contribution in [3.8, 4) is 17.2 Å². The van der Waals surface area contributed by atoms with Gasteiger partial charge in [0.05, 0.1) is 30.1 Å². The number of pyridine rings is 1. The van der Waals surface area contributed by atoms with Crippen LogP contribution in [0.25, 0.3) is 22.0 Å². The molecule has 1 N–H and O–H groups in total. The summed E-state index contributed by atoms with van der Waals surface area (Å²) < 4.78 is 1.91. The number of fused-ring (bicyclic) bond motifs is 4. The average Bonchev–Trinajstić information content (AvgIpc) is 3.48. The Balaban J connectivity index is 1.43. The van der Waals surface area contributed by atoms with Crippen LogP contribution in [-0.4, -0.2) is 63.0 Å². The molecule has 2 saturated heterocycles. The molecule has 8 nitrogen and oxygen atoms in total. The second-order valence-corrected chi connectivity index (χ2v) is 11.7. The van der Waals surface area contributed by atoms with Crippen molar-refractivity contribution >= 4 is 22.6 Å². The molecule has 1 amide bonds. The van der Waals surface area contributed by atoms with Gasteiger partial charge in [0.2, 0.25) is 5.91 Å². The highest BCUT2D eigenvalue weighted by Crippen LogP contribution is 2.57. The van der Waals surface area contributed by atoms with Crippen molar-refractivity contribution in [1.29, 1.82) is 5.26 Å². The predicted molar refractivity (Wildman–Crippen MR) is 145 cm³/mol. The normalized spacial score (nSPS) is 24.6. The SMILES string of the molecule is C=CC(=O)N1CC2(CCN(c3nc4c(c(-c5c(C)ccc6cnn(C)c56)c3C#N)CCC3CC43)C2CO)C1. The molecule has 1 aromatic carbocycles. The Morgan fingerprint density at radius 3 is 2.89 bits per heavy atom. The fraction of sp³-hybridized carbons (Fsp3) is 0.467. The molecule has 38 heavy (non-hydrogen) atoms. The largest absolute Gasteiger partial charge is 0.394 e. The first-order chi connectivity index (χ1) is 18.4. The van der Waals surface area contributed by atoms with E-state index < -0.39 is 0 Å². The van der Waals surface area contributed by atoms with E-state index in [0.717, 1.165) is 59.0 Å². The quantitative estimate of drug-likeness (QED) is 0.542. The zero-order chi connectivity index (χ0) is 26.3. The third-order valence-corrected chi connectivity index (χ3v) is 9.70. The van der Waals surface area contributed by atoms with Gasteiger partial charge in [-0.2, -0.15) is 10.4 Å². The lowest BCUT2D eigenvalue weighted by atomic mass is 9.73. The van der Waals surface area contributed by atoms with Crippen LogP contribution in [0.3, 0.4) is 0 Å². The standard InChI is InChI=1S/C30H32N6O2/c1-4-24(38)35-15-30(16-35)9-10-36(23(30)14-37)29-22(12-31)26(20-8-7-18-11-21(18)27(20)33-29)25-17(2)5-6-19-13-32-34(3)28(19)25/h4-6,13,18,21,23,37H,1,7-11,14-16H2,2-3H3. The number of benzene rings is 1. The second kappa shape index (κ2) is 8.15. The Morgan fingerprint density at radius 2 is 2.16 bits per heavy atom. The van der Waals surface area contributed by atoms with Crippen LogP contribution in [0.15, 0.2) is 31.0 Å². The molecule has 4 heterocycles. The smallest absolute Gasteiger partial charge is 0.245 e. The third kappa shape index (κ3) is 3.08. The van der Waals surface area contributed by atoms with Crippen molar-refractivity contribution < 1.29 is 9.90 Å². The van der Waals surface area contributed by atoms with Gasteiger partial charge in [0.1, 0.15) is 17.5 Å². The summed E-state index contributed by atoms with van der Waals surface area (Å²) in [5, 5.41) is 27.0. The topological polar surface area (TPSA) is 98.3 Å². The minimum atomic E-state index is -0.200. The molecule has 7 rings (SSSR count). The van der Waals surface area contributed by atoms with E-state index in [-0.39, 0.29) is 24.0 Å². The molecule has 0 radical (unpaired) electrons. The van der Waals surface area contributed by atoms with E-state index in [1.807, 2.05) is 17.9 Å². The van der Waals surface area contributed by atoms with Gasteiger partial charge in [-0.05, 0) is 55.7 Å². The molecule has 0 bridgehead atoms. The molecule has 2 aromatic heterocycles. The third-order valence-electron chi connectivity index (χ3n) is 9.70. The van der Waals surface area contributed by atoms with E-state index in [9.17, 15) is 15.2 Å². The van der Waals surface area contributed by atoms with Gasteiger partial charge < -0.3 is 14.9 Å². The fourth-order valence-electron chi connectivity index (χ4n) is 7.60. The first-order valence-corrected chi connectivity index (χ1v) is 13.6. The van der Waals surface area contributed by atoms with Crippen molar-refractivity contribution in [1.82, 2.24) is 19.7 Å². The van der Waals surface area contributed by atoms with Crippen LogP contribution in [-0.2, 0) is 18.3 Å². The number of amides is 1. The van der Waals surface area contributed by atoms with Crippen LogP contribution in [0.5, 0.6) is 0 Å². The van der Waals surface area contributed by atoms with Gasteiger partial charge >= 0.3 is 0 Å². The van der Waals surface area contributed by atoms with Crippen LogP contribution in [0, 0.1) is 29.6 Å². The van der Waals surface area contributed by atoms with E-state index in [1.54, 1.807) is 4.90 Å². The number of aryl methyl sites for hydroxylation is 2. The lowest BCUT2D eigenvalue weighted by Crippen LogP contribution is -2.64. The average molecular weight is 509 g/mol. The molecule has 1 saturated carbocycles. The van der Waals surface area contributed by atoms with E-state index in [0.29, 0.717) is 42.9 Å². The summed E-state index contributed by atoms with van der Waals surface area (Å²) in [5.74, 6) is 1.75. The van der Waals surface area contributed by atoms with Gasteiger partial charge in [0.15, 0.2) is 0 Å². The van der Waals surface area contributed by atoms with Crippen molar-refractivity contribution in [3.05, 3.63) is 53.4 Å². The number of hydrogen-bond acceptors (Lipinski definition) is 6. The molecule has 4 aliphatic rings. The lowest BCUT2D eigenvalue weighted by molar-refractivity contribution is -0.138. The number of nitrogens with zero attached hydrogens (tertiary/aromatic N) is 6. The molecule has 3 aromatic rings. The zero-order valence-corrected chi connectivity index (χ0v) is 21.9. The van der Waals surface area contributed by atoms with Gasteiger partial charge in [-0.25, -0.2) is 4.98 Å². The van der Waals surface area contributed by atoms with E-state index in [4.69, 9.17) is 4.98 Å². The van der Waals surface area contributed by atoms with E-state index >= 15 is 0 Å². The molecule has 2 aliphatic carbocycles. The van der Waals surface area contributed by atoms with Crippen LogP contribution in [0.1, 0.15) is 47.6 Å². The Bertz CT molecular complexity index is 1560. The molecule has 194 valence electrons. The molecule has 3 unspecified atom stereocenters. The molecule has 3 fully saturated rings. The Morgan fingerprint density at radius 1 is 1.34 bits per heavy atom. The first-order valence-electron chi connectivity index (χ1n) is 13.6. The molecule has 1 spiro atoms.